The maximum atomic E-state index is 13.5. The van der Waals surface area contributed by atoms with Crippen molar-refractivity contribution in [1.29, 1.82) is 0 Å². The van der Waals surface area contributed by atoms with Gasteiger partial charge in [-0.25, -0.2) is 9.79 Å². The molecule has 1 N–H and O–H groups in total. The van der Waals surface area contributed by atoms with Gasteiger partial charge in [-0.15, -0.1) is 0 Å². The van der Waals surface area contributed by atoms with Gasteiger partial charge in [-0.3, -0.25) is 10.2 Å². The summed E-state index contributed by atoms with van der Waals surface area (Å²) in [6, 6.07) is 12.7. The number of amides is 2. The molecule has 1 aliphatic heterocycles. The van der Waals surface area contributed by atoms with Gasteiger partial charge < -0.3 is 0 Å². The zero-order chi connectivity index (χ0) is 21.4. The Bertz CT molecular complexity index is 895. The number of amidine groups is 1. The molecule has 10 heteroatoms. The standard InChI is InChI=1S/C19H15F6N3O/c1-12(13-8-4-2-5-9-13)28-15(14-10-6-3-7-11-14)26-17(18(20,21)22,19(23,24)25)27-16(28)29/h2-12H,1H3,(H,27,29). The highest BCUT2D eigenvalue weighted by Gasteiger charge is 2.74. The van der Waals surface area contributed by atoms with E-state index in [0.29, 0.717) is 5.56 Å². The van der Waals surface area contributed by atoms with Gasteiger partial charge in [-0.05, 0) is 12.5 Å². The summed E-state index contributed by atoms with van der Waals surface area (Å²) in [5.74, 6) is -0.722. The van der Waals surface area contributed by atoms with Crippen LogP contribution >= 0.6 is 0 Å². The number of carbonyl (C=O) groups excluding carboxylic acids is 1. The molecule has 4 nitrogen and oxygen atoms in total. The normalized spacial score (nSPS) is 18.1. The van der Waals surface area contributed by atoms with Crippen molar-refractivity contribution in [1.82, 2.24) is 10.2 Å². The van der Waals surface area contributed by atoms with Crippen LogP contribution in [0.5, 0.6) is 0 Å². The number of hydrogen-bond donors (Lipinski definition) is 1. The fourth-order valence-electron chi connectivity index (χ4n) is 3.01. The molecule has 0 saturated carbocycles. The lowest BCUT2D eigenvalue weighted by Crippen LogP contribution is -2.71. The molecule has 0 radical (unpaired) electrons. The summed E-state index contributed by atoms with van der Waals surface area (Å²) in [7, 11) is 0. The van der Waals surface area contributed by atoms with E-state index in [2.05, 4.69) is 4.99 Å². The summed E-state index contributed by atoms with van der Waals surface area (Å²) in [6.45, 7) is 1.49. The van der Waals surface area contributed by atoms with Crippen LogP contribution in [-0.2, 0) is 0 Å². The van der Waals surface area contributed by atoms with Crippen molar-refractivity contribution in [3.63, 3.8) is 0 Å². The number of halogens is 6. The van der Waals surface area contributed by atoms with Crippen molar-refractivity contribution in [2.75, 3.05) is 0 Å². The predicted octanol–water partition coefficient (Wildman–Crippen LogP) is 5.04. The summed E-state index contributed by atoms with van der Waals surface area (Å²) in [6.07, 6.45) is -11.8. The molecular weight excluding hydrogens is 400 g/mol. The first kappa shape index (κ1) is 20.7. The van der Waals surface area contributed by atoms with E-state index in [0.717, 1.165) is 10.2 Å². The van der Waals surface area contributed by atoms with Gasteiger partial charge in [0.1, 0.15) is 5.84 Å². The van der Waals surface area contributed by atoms with Crippen LogP contribution < -0.4 is 5.32 Å². The molecule has 2 aromatic carbocycles. The summed E-state index contributed by atoms with van der Waals surface area (Å²) in [4.78, 5) is 16.5. The van der Waals surface area contributed by atoms with Crippen molar-refractivity contribution < 1.29 is 31.1 Å². The highest BCUT2D eigenvalue weighted by Crippen LogP contribution is 2.46. The van der Waals surface area contributed by atoms with Crippen LogP contribution in [0.1, 0.15) is 24.1 Å². The molecule has 1 unspecified atom stereocenters. The number of hydrogen-bond acceptors (Lipinski definition) is 2. The van der Waals surface area contributed by atoms with Gasteiger partial charge in [-0.2, -0.15) is 26.3 Å². The van der Waals surface area contributed by atoms with Crippen LogP contribution in [0.4, 0.5) is 31.1 Å². The van der Waals surface area contributed by atoms with Crippen molar-refractivity contribution >= 4 is 11.9 Å². The lowest BCUT2D eigenvalue weighted by atomic mass is 10.0. The van der Waals surface area contributed by atoms with E-state index >= 15 is 0 Å². The third kappa shape index (κ3) is 3.54. The lowest BCUT2D eigenvalue weighted by molar-refractivity contribution is -0.302. The zero-order valence-electron chi connectivity index (χ0n) is 14.9. The molecule has 154 valence electrons. The maximum absolute atomic E-state index is 13.5. The molecule has 3 rings (SSSR count). The van der Waals surface area contributed by atoms with Crippen LogP contribution in [0.2, 0.25) is 0 Å². The number of urea groups is 1. The molecule has 0 fully saturated rings. The van der Waals surface area contributed by atoms with Crippen LogP contribution in [-0.4, -0.2) is 34.8 Å². The molecule has 29 heavy (non-hydrogen) atoms. The predicted molar refractivity (Wildman–Crippen MR) is 93.0 cm³/mol. The number of rotatable bonds is 3. The van der Waals surface area contributed by atoms with Crippen LogP contribution in [0.3, 0.4) is 0 Å². The van der Waals surface area contributed by atoms with Crippen LogP contribution in [0, 0.1) is 0 Å². The second kappa shape index (κ2) is 7.09. The van der Waals surface area contributed by atoms with Gasteiger partial charge in [0.05, 0.1) is 6.04 Å². The monoisotopic (exact) mass is 415 g/mol. The smallest absolute Gasteiger partial charge is 0.298 e. The Balaban J connectivity index is 2.25. The third-order valence-electron chi connectivity index (χ3n) is 4.53. The molecule has 0 saturated heterocycles. The SMILES string of the molecule is CC(c1ccccc1)N1C(=O)NC(C(F)(F)F)(C(F)(F)F)N=C1c1ccccc1. The minimum absolute atomic E-state index is 0.0528. The first-order chi connectivity index (χ1) is 13.5. The minimum atomic E-state index is -5.90. The van der Waals surface area contributed by atoms with E-state index in [-0.39, 0.29) is 5.56 Å². The van der Waals surface area contributed by atoms with E-state index < -0.39 is 35.9 Å². The molecule has 0 aromatic heterocycles. The largest absolute Gasteiger partial charge is 0.441 e. The Morgan fingerprint density at radius 1 is 0.897 bits per heavy atom. The van der Waals surface area contributed by atoms with E-state index in [9.17, 15) is 31.1 Å². The summed E-state index contributed by atoms with van der Waals surface area (Å²) in [5, 5.41) is 1.06. The van der Waals surface area contributed by atoms with Crippen molar-refractivity contribution in [2.45, 2.75) is 31.0 Å². The maximum Gasteiger partial charge on any atom is 0.441 e. The summed E-state index contributed by atoms with van der Waals surface area (Å²) in [5.41, 5.74) is -4.28. The van der Waals surface area contributed by atoms with Gasteiger partial charge in [0.15, 0.2) is 0 Å². The number of benzene rings is 2. The number of aliphatic imine (C=N–C) groups is 1. The average Bonchev–Trinajstić information content (AvgIpc) is 2.66. The second-order valence-corrected chi connectivity index (χ2v) is 6.39. The quantitative estimate of drug-likeness (QED) is 0.702. The topological polar surface area (TPSA) is 44.7 Å². The van der Waals surface area contributed by atoms with Crippen LogP contribution in [0.15, 0.2) is 65.7 Å². The van der Waals surface area contributed by atoms with E-state index in [1.807, 2.05) is 0 Å². The molecule has 1 atom stereocenters. The summed E-state index contributed by atoms with van der Waals surface area (Å²) < 4.78 is 81.3. The number of alkyl halides is 6. The molecule has 2 aromatic rings. The zero-order valence-corrected chi connectivity index (χ0v) is 14.9. The minimum Gasteiger partial charge on any atom is -0.298 e. The highest BCUT2D eigenvalue weighted by molar-refractivity contribution is 6.09. The van der Waals surface area contributed by atoms with Crippen LogP contribution in [0.25, 0.3) is 0 Å². The first-order valence-electron chi connectivity index (χ1n) is 8.43. The van der Waals surface area contributed by atoms with Gasteiger partial charge in [0.2, 0.25) is 0 Å². The molecule has 1 aliphatic rings. The average molecular weight is 415 g/mol. The van der Waals surface area contributed by atoms with Gasteiger partial charge in [-0.1, -0.05) is 60.7 Å². The molecule has 1 heterocycles. The number of nitrogens with zero attached hydrogens (tertiary/aromatic N) is 2. The Morgan fingerprint density at radius 3 is 1.86 bits per heavy atom. The van der Waals surface area contributed by atoms with Crippen molar-refractivity contribution in [3.8, 4) is 0 Å². The molecular formula is C19H15F6N3O. The Kier molecular flexibility index (Phi) is 5.06. The van der Waals surface area contributed by atoms with E-state index in [1.165, 1.54) is 31.2 Å². The van der Waals surface area contributed by atoms with Gasteiger partial charge >= 0.3 is 24.0 Å². The molecule has 0 bridgehead atoms. The second-order valence-electron chi connectivity index (χ2n) is 6.39. The van der Waals surface area contributed by atoms with Crippen molar-refractivity contribution in [3.05, 3.63) is 71.8 Å². The van der Waals surface area contributed by atoms with Gasteiger partial charge in [0, 0.05) is 5.56 Å². The Hall–Kier alpha value is -3.04. The molecule has 0 aliphatic carbocycles. The van der Waals surface area contributed by atoms with Gasteiger partial charge in [0.25, 0.3) is 0 Å². The fourth-order valence-corrected chi connectivity index (χ4v) is 3.01. The lowest BCUT2D eigenvalue weighted by Gasteiger charge is -2.43. The first-order valence-corrected chi connectivity index (χ1v) is 8.43. The number of carbonyl (C=O) groups is 1. The summed E-state index contributed by atoms with van der Waals surface area (Å²) >= 11 is 0. The van der Waals surface area contributed by atoms with E-state index in [1.54, 1.807) is 36.4 Å². The third-order valence-corrected chi connectivity index (χ3v) is 4.53. The molecule has 2 amide bonds. The Labute approximate surface area is 161 Å². The fraction of sp³-hybridized carbons (Fsp3) is 0.263. The van der Waals surface area contributed by atoms with E-state index in [4.69, 9.17) is 0 Å². The highest BCUT2D eigenvalue weighted by atomic mass is 19.4. The Morgan fingerprint density at radius 2 is 1.38 bits per heavy atom. The molecule has 0 spiro atoms. The number of nitrogens with one attached hydrogen (secondary N) is 1. The van der Waals surface area contributed by atoms with Crippen molar-refractivity contribution in [2.24, 2.45) is 4.99 Å².